The second-order valence-corrected chi connectivity index (χ2v) is 3.72. The fourth-order valence-electron chi connectivity index (χ4n) is 1.80. The van der Waals surface area contributed by atoms with Crippen molar-refractivity contribution >= 4 is 11.4 Å². The van der Waals surface area contributed by atoms with Gasteiger partial charge < -0.3 is 4.90 Å². The summed E-state index contributed by atoms with van der Waals surface area (Å²) >= 11 is 0. The lowest BCUT2D eigenvalue weighted by Gasteiger charge is -2.26. The summed E-state index contributed by atoms with van der Waals surface area (Å²) in [5.74, 6) is -1.79. The Morgan fingerprint density at radius 3 is 2.35 bits per heavy atom. The Morgan fingerprint density at radius 1 is 1.24 bits per heavy atom. The van der Waals surface area contributed by atoms with Gasteiger partial charge in [0.05, 0.1) is 17.1 Å². The summed E-state index contributed by atoms with van der Waals surface area (Å²) in [6, 6.07) is 1.49. The topological polar surface area (TPSA) is 46.4 Å². The molecular weight excluding hydrogens is 230 g/mol. The summed E-state index contributed by atoms with van der Waals surface area (Å²) in [5, 5.41) is 10.4. The Balaban J connectivity index is 2.41. The van der Waals surface area contributed by atoms with Crippen LogP contribution in [0.1, 0.15) is 6.42 Å². The Labute approximate surface area is 96.3 Å². The fraction of sp³-hybridized carbons (Fsp3) is 0.273. The van der Waals surface area contributed by atoms with E-state index in [4.69, 9.17) is 0 Å². The van der Waals surface area contributed by atoms with Gasteiger partial charge in [-0.05, 0) is 6.42 Å². The van der Waals surface area contributed by atoms with Gasteiger partial charge in [0.25, 0.3) is 5.69 Å². The highest BCUT2D eigenvalue weighted by molar-refractivity contribution is 5.54. The van der Waals surface area contributed by atoms with E-state index in [0.717, 1.165) is 12.1 Å². The smallest absolute Gasteiger partial charge is 0.275 e. The molecule has 0 N–H and O–H groups in total. The van der Waals surface area contributed by atoms with Crippen LogP contribution in [-0.4, -0.2) is 18.0 Å². The number of nitro benzene ring substituents is 1. The number of non-ortho nitro benzene ring substituents is 1. The lowest BCUT2D eigenvalue weighted by molar-refractivity contribution is -0.385. The van der Waals surface area contributed by atoms with Crippen molar-refractivity contribution in [3.05, 3.63) is 46.0 Å². The van der Waals surface area contributed by atoms with Gasteiger partial charge in [0.2, 0.25) is 0 Å². The van der Waals surface area contributed by atoms with Gasteiger partial charge in [-0.2, -0.15) is 0 Å². The molecule has 90 valence electrons. The molecule has 0 atom stereocenters. The SMILES string of the molecule is O=[N+]([O-])c1cc(F)c(N2CC=CCC2)c(F)c1. The van der Waals surface area contributed by atoms with E-state index in [1.165, 1.54) is 4.90 Å². The Kier molecular flexibility index (Phi) is 3.03. The Morgan fingerprint density at radius 2 is 1.88 bits per heavy atom. The zero-order valence-electron chi connectivity index (χ0n) is 8.90. The molecule has 0 saturated carbocycles. The summed E-state index contributed by atoms with van der Waals surface area (Å²) in [6.07, 6.45) is 4.44. The predicted molar refractivity (Wildman–Crippen MR) is 59.0 cm³/mol. The van der Waals surface area contributed by atoms with Crippen molar-refractivity contribution in [3.8, 4) is 0 Å². The van der Waals surface area contributed by atoms with Gasteiger partial charge in [-0.15, -0.1) is 0 Å². The Bertz CT molecular complexity index is 465. The summed E-state index contributed by atoms with van der Waals surface area (Å²) in [6.45, 7) is 0.911. The molecular formula is C11H10F2N2O2. The minimum atomic E-state index is -0.896. The summed E-state index contributed by atoms with van der Waals surface area (Å²) < 4.78 is 27.3. The van der Waals surface area contributed by atoms with Crippen LogP contribution in [0.5, 0.6) is 0 Å². The van der Waals surface area contributed by atoms with Crippen molar-refractivity contribution in [2.75, 3.05) is 18.0 Å². The standard InChI is InChI=1S/C11H10F2N2O2/c12-9-6-8(15(16)17)7-10(13)11(9)14-4-2-1-3-5-14/h1-2,6-7H,3-5H2. The van der Waals surface area contributed by atoms with E-state index in [9.17, 15) is 18.9 Å². The normalized spacial score (nSPS) is 15.1. The lowest BCUT2D eigenvalue weighted by atomic mass is 10.2. The minimum absolute atomic E-state index is 0.194. The average Bonchev–Trinajstić information content (AvgIpc) is 2.29. The maximum absolute atomic E-state index is 13.6. The van der Waals surface area contributed by atoms with E-state index in [0.29, 0.717) is 19.5 Å². The van der Waals surface area contributed by atoms with Crippen LogP contribution in [0.25, 0.3) is 0 Å². The maximum atomic E-state index is 13.6. The lowest BCUT2D eigenvalue weighted by Crippen LogP contribution is -2.28. The molecule has 0 spiro atoms. The molecule has 0 unspecified atom stereocenters. The third-order valence-corrected chi connectivity index (χ3v) is 2.59. The molecule has 2 rings (SSSR count). The first-order chi connectivity index (χ1) is 8.09. The highest BCUT2D eigenvalue weighted by atomic mass is 19.1. The molecule has 0 bridgehead atoms. The molecule has 0 aliphatic carbocycles. The van der Waals surface area contributed by atoms with Crippen LogP contribution >= 0.6 is 0 Å². The largest absolute Gasteiger partial charge is 0.363 e. The minimum Gasteiger partial charge on any atom is -0.363 e. The number of benzene rings is 1. The summed E-state index contributed by atoms with van der Waals surface area (Å²) in [4.78, 5) is 11.1. The van der Waals surface area contributed by atoms with E-state index in [2.05, 4.69) is 0 Å². The van der Waals surface area contributed by atoms with E-state index in [1.54, 1.807) is 0 Å². The first kappa shape index (κ1) is 11.5. The van der Waals surface area contributed by atoms with Crippen molar-refractivity contribution in [1.29, 1.82) is 0 Å². The zero-order valence-corrected chi connectivity index (χ0v) is 8.90. The van der Waals surface area contributed by atoms with Gasteiger partial charge in [0.15, 0.2) is 11.6 Å². The van der Waals surface area contributed by atoms with Gasteiger partial charge in [0.1, 0.15) is 5.69 Å². The van der Waals surface area contributed by atoms with Crippen LogP contribution in [0.4, 0.5) is 20.2 Å². The number of anilines is 1. The molecule has 0 saturated heterocycles. The molecule has 1 heterocycles. The molecule has 1 aromatic carbocycles. The molecule has 1 aliphatic heterocycles. The van der Waals surface area contributed by atoms with Crippen LogP contribution in [0, 0.1) is 21.7 Å². The molecule has 4 nitrogen and oxygen atoms in total. The second kappa shape index (κ2) is 4.48. The summed E-state index contributed by atoms with van der Waals surface area (Å²) in [5.41, 5.74) is -0.767. The highest BCUT2D eigenvalue weighted by Gasteiger charge is 2.21. The average molecular weight is 240 g/mol. The fourth-order valence-corrected chi connectivity index (χ4v) is 1.80. The third-order valence-electron chi connectivity index (χ3n) is 2.59. The van der Waals surface area contributed by atoms with Gasteiger partial charge in [-0.1, -0.05) is 12.2 Å². The monoisotopic (exact) mass is 240 g/mol. The van der Waals surface area contributed by atoms with Crippen molar-refractivity contribution in [2.45, 2.75) is 6.42 Å². The number of halogens is 2. The quantitative estimate of drug-likeness (QED) is 0.453. The van der Waals surface area contributed by atoms with Gasteiger partial charge in [-0.3, -0.25) is 10.1 Å². The second-order valence-electron chi connectivity index (χ2n) is 3.72. The molecule has 0 radical (unpaired) electrons. The zero-order chi connectivity index (χ0) is 12.4. The maximum Gasteiger partial charge on any atom is 0.275 e. The van der Waals surface area contributed by atoms with Crippen molar-refractivity contribution in [2.24, 2.45) is 0 Å². The number of nitro groups is 1. The molecule has 17 heavy (non-hydrogen) atoms. The predicted octanol–water partition coefficient (Wildman–Crippen LogP) is 2.64. The number of nitrogens with zero attached hydrogens (tertiary/aromatic N) is 2. The Hall–Kier alpha value is -1.98. The first-order valence-electron chi connectivity index (χ1n) is 5.13. The molecule has 0 aromatic heterocycles. The molecule has 0 fully saturated rings. The van der Waals surface area contributed by atoms with Crippen LogP contribution < -0.4 is 4.90 Å². The first-order valence-corrected chi connectivity index (χ1v) is 5.13. The summed E-state index contributed by atoms with van der Waals surface area (Å²) in [7, 11) is 0. The van der Waals surface area contributed by atoms with Crippen molar-refractivity contribution < 1.29 is 13.7 Å². The van der Waals surface area contributed by atoms with Crippen molar-refractivity contribution in [3.63, 3.8) is 0 Å². The van der Waals surface area contributed by atoms with E-state index < -0.39 is 22.2 Å². The third kappa shape index (κ3) is 2.25. The molecule has 1 aromatic rings. The van der Waals surface area contributed by atoms with Crippen LogP contribution in [-0.2, 0) is 0 Å². The van der Waals surface area contributed by atoms with Gasteiger partial charge >= 0.3 is 0 Å². The van der Waals surface area contributed by atoms with Crippen LogP contribution in [0.3, 0.4) is 0 Å². The number of hydrogen-bond acceptors (Lipinski definition) is 3. The van der Waals surface area contributed by atoms with Gasteiger partial charge in [-0.25, -0.2) is 8.78 Å². The molecule has 0 amide bonds. The van der Waals surface area contributed by atoms with E-state index in [1.807, 2.05) is 12.2 Å². The molecule has 1 aliphatic rings. The van der Waals surface area contributed by atoms with E-state index in [-0.39, 0.29) is 5.69 Å². The highest BCUT2D eigenvalue weighted by Crippen LogP contribution is 2.28. The van der Waals surface area contributed by atoms with Crippen molar-refractivity contribution in [1.82, 2.24) is 0 Å². The van der Waals surface area contributed by atoms with E-state index >= 15 is 0 Å². The van der Waals surface area contributed by atoms with Crippen LogP contribution in [0.2, 0.25) is 0 Å². The number of rotatable bonds is 2. The molecule has 6 heteroatoms. The van der Waals surface area contributed by atoms with Crippen LogP contribution in [0.15, 0.2) is 24.3 Å². The van der Waals surface area contributed by atoms with Gasteiger partial charge in [0, 0.05) is 13.1 Å². The number of hydrogen-bond donors (Lipinski definition) is 0.